The van der Waals surface area contributed by atoms with Crippen molar-refractivity contribution < 1.29 is 14.4 Å². The molecule has 3 amide bonds. The lowest BCUT2D eigenvalue weighted by molar-refractivity contribution is -0.124. The first-order valence-electron chi connectivity index (χ1n) is 7.31. The molecular weight excluding hydrogens is 282 g/mol. The Hall–Kier alpha value is -2.37. The number of anilines is 2. The van der Waals surface area contributed by atoms with Gasteiger partial charge < -0.3 is 15.1 Å². The molecule has 6 heteroatoms. The van der Waals surface area contributed by atoms with Crippen molar-refractivity contribution in [2.75, 3.05) is 30.4 Å². The van der Waals surface area contributed by atoms with Crippen molar-refractivity contribution in [1.29, 1.82) is 0 Å². The van der Waals surface area contributed by atoms with Gasteiger partial charge in [0.1, 0.15) is 5.78 Å². The number of carbonyl (C=O) groups is 3. The molecular formula is C16H21N3O3. The molecule has 1 heterocycles. The fraction of sp³-hybridized carbons (Fsp3) is 0.438. The second kappa shape index (κ2) is 6.60. The molecule has 0 spiro atoms. The van der Waals surface area contributed by atoms with E-state index in [2.05, 4.69) is 5.32 Å². The van der Waals surface area contributed by atoms with Crippen molar-refractivity contribution in [2.24, 2.45) is 5.92 Å². The summed E-state index contributed by atoms with van der Waals surface area (Å²) in [5.74, 6) is 0.00987. The van der Waals surface area contributed by atoms with Gasteiger partial charge in [0.25, 0.3) is 0 Å². The third-order valence-corrected chi connectivity index (χ3v) is 3.92. The number of benzene rings is 1. The molecule has 118 valence electrons. The largest absolute Gasteiger partial charge is 0.323 e. The molecule has 1 fully saturated rings. The Morgan fingerprint density at radius 3 is 2.73 bits per heavy atom. The van der Waals surface area contributed by atoms with E-state index in [-0.39, 0.29) is 23.6 Å². The lowest BCUT2D eigenvalue weighted by Crippen LogP contribution is -2.45. The molecule has 0 aromatic heterocycles. The molecule has 0 aliphatic carbocycles. The predicted octanol–water partition coefficient (Wildman–Crippen LogP) is 2.11. The first-order valence-corrected chi connectivity index (χ1v) is 7.31. The highest BCUT2D eigenvalue weighted by Crippen LogP contribution is 2.20. The van der Waals surface area contributed by atoms with Crippen molar-refractivity contribution in [3.8, 4) is 0 Å². The molecule has 1 aliphatic rings. The van der Waals surface area contributed by atoms with Crippen LogP contribution in [0.1, 0.15) is 20.3 Å². The normalized spacial score (nSPS) is 18.0. The molecule has 1 unspecified atom stereocenters. The van der Waals surface area contributed by atoms with Gasteiger partial charge in [-0.3, -0.25) is 9.59 Å². The van der Waals surface area contributed by atoms with Crippen molar-refractivity contribution in [3.05, 3.63) is 24.3 Å². The molecule has 6 nitrogen and oxygen atoms in total. The Morgan fingerprint density at radius 2 is 2.09 bits per heavy atom. The lowest BCUT2D eigenvalue weighted by Gasteiger charge is -2.30. The number of nitrogens with one attached hydrogen (secondary N) is 1. The van der Waals surface area contributed by atoms with Gasteiger partial charge in [-0.2, -0.15) is 0 Å². The number of amides is 3. The van der Waals surface area contributed by atoms with E-state index in [1.807, 2.05) is 6.92 Å². The van der Waals surface area contributed by atoms with Crippen molar-refractivity contribution in [1.82, 2.24) is 4.90 Å². The summed E-state index contributed by atoms with van der Waals surface area (Å²) < 4.78 is 0. The predicted molar refractivity (Wildman–Crippen MR) is 84.9 cm³/mol. The number of urea groups is 1. The molecule has 0 radical (unpaired) electrons. The quantitative estimate of drug-likeness (QED) is 0.909. The number of ketones is 1. The van der Waals surface area contributed by atoms with E-state index in [0.29, 0.717) is 30.9 Å². The van der Waals surface area contributed by atoms with Crippen LogP contribution in [0.25, 0.3) is 0 Å². The van der Waals surface area contributed by atoms with Gasteiger partial charge in [0, 0.05) is 50.8 Å². The molecule has 1 atom stereocenters. The third kappa shape index (κ3) is 3.63. The summed E-state index contributed by atoms with van der Waals surface area (Å²) in [5, 5.41) is 2.82. The highest BCUT2D eigenvalue weighted by atomic mass is 16.2. The van der Waals surface area contributed by atoms with Crippen LogP contribution in [0.3, 0.4) is 0 Å². The number of hydrogen-bond acceptors (Lipinski definition) is 3. The number of likely N-dealkylation sites (tertiary alicyclic amines) is 1. The maximum atomic E-state index is 12.3. The van der Waals surface area contributed by atoms with Gasteiger partial charge >= 0.3 is 6.03 Å². The fourth-order valence-corrected chi connectivity index (χ4v) is 2.38. The summed E-state index contributed by atoms with van der Waals surface area (Å²) in [6, 6.07) is 6.89. The minimum atomic E-state index is -0.220. The average Bonchev–Trinajstić information content (AvgIpc) is 2.49. The van der Waals surface area contributed by atoms with Crippen LogP contribution in [0.5, 0.6) is 0 Å². The molecule has 1 saturated heterocycles. The zero-order chi connectivity index (χ0) is 16.3. The topological polar surface area (TPSA) is 69.7 Å². The lowest BCUT2D eigenvalue weighted by atomic mass is 9.99. The van der Waals surface area contributed by atoms with E-state index >= 15 is 0 Å². The van der Waals surface area contributed by atoms with Crippen molar-refractivity contribution in [3.63, 3.8) is 0 Å². The zero-order valence-corrected chi connectivity index (χ0v) is 13.1. The zero-order valence-electron chi connectivity index (χ0n) is 13.1. The summed E-state index contributed by atoms with van der Waals surface area (Å²) >= 11 is 0. The molecule has 0 saturated carbocycles. The Bertz CT molecular complexity index is 600. The van der Waals surface area contributed by atoms with Gasteiger partial charge in [-0.1, -0.05) is 13.0 Å². The van der Waals surface area contributed by atoms with Gasteiger partial charge in [0.15, 0.2) is 0 Å². The highest BCUT2D eigenvalue weighted by molar-refractivity contribution is 5.94. The summed E-state index contributed by atoms with van der Waals surface area (Å²) in [6.07, 6.45) is 0.404. The Kier molecular flexibility index (Phi) is 4.80. The van der Waals surface area contributed by atoms with Gasteiger partial charge in [-0.25, -0.2) is 4.79 Å². The second-order valence-electron chi connectivity index (χ2n) is 5.62. The third-order valence-electron chi connectivity index (χ3n) is 3.92. The molecule has 1 aliphatic heterocycles. The Balaban J connectivity index is 2.04. The Morgan fingerprint density at radius 1 is 1.36 bits per heavy atom. The maximum absolute atomic E-state index is 12.3. The van der Waals surface area contributed by atoms with Crippen molar-refractivity contribution in [2.45, 2.75) is 20.3 Å². The van der Waals surface area contributed by atoms with E-state index < -0.39 is 0 Å². The Labute approximate surface area is 130 Å². The maximum Gasteiger partial charge on any atom is 0.321 e. The number of rotatable bonds is 2. The number of nitrogens with zero attached hydrogens (tertiary/aromatic N) is 2. The first kappa shape index (κ1) is 16.0. The van der Waals surface area contributed by atoms with E-state index in [4.69, 9.17) is 0 Å². The molecule has 1 aromatic rings. The molecule has 2 rings (SSSR count). The van der Waals surface area contributed by atoms with Gasteiger partial charge in [-0.05, 0) is 18.2 Å². The van der Waals surface area contributed by atoms with Gasteiger partial charge in [0.2, 0.25) is 5.91 Å². The van der Waals surface area contributed by atoms with Crippen molar-refractivity contribution >= 4 is 29.1 Å². The number of carbonyl (C=O) groups excluding carboxylic acids is 3. The first-order chi connectivity index (χ1) is 10.4. The SMILES string of the molecule is CC(=O)N(C)c1cccc(NC(=O)N2CCC(=O)C(C)C2)c1. The van der Waals surface area contributed by atoms with Gasteiger partial charge in [0.05, 0.1) is 0 Å². The van der Waals surface area contributed by atoms with E-state index in [0.717, 1.165) is 0 Å². The number of hydrogen-bond donors (Lipinski definition) is 1. The second-order valence-corrected chi connectivity index (χ2v) is 5.62. The van der Waals surface area contributed by atoms with Crippen LogP contribution in [-0.2, 0) is 9.59 Å². The smallest absolute Gasteiger partial charge is 0.321 e. The standard InChI is InChI=1S/C16H21N3O3/c1-11-10-19(8-7-15(11)21)16(22)17-13-5-4-6-14(9-13)18(3)12(2)20/h4-6,9,11H,7-8,10H2,1-3H3,(H,17,22). The van der Waals surface area contributed by atoms with E-state index in [1.165, 1.54) is 11.8 Å². The summed E-state index contributed by atoms with van der Waals surface area (Å²) in [6.45, 7) is 4.21. The number of Topliss-reactive ketones (excluding diaryl/α,β-unsaturated/α-hetero) is 1. The molecule has 22 heavy (non-hydrogen) atoms. The van der Waals surface area contributed by atoms with Crippen LogP contribution in [0.15, 0.2) is 24.3 Å². The highest BCUT2D eigenvalue weighted by Gasteiger charge is 2.26. The minimum absolute atomic E-state index is 0.0770. The van der Waals surface area contributed by atoms with Crippen LogP contribution in [0.2, 0.25) is 0 Å². The van der Waals surface area contributed by atoms with Gasteiger partial charge in [-0.15, -0.1) is 0 Å². The molecule has 1 aromatic carbocycles. The van der Waals surface area contributed by atoms with Crippen LogP contribution >= 0.6 is 0 Å². The van der Waals surface area contributed by atoms with Crippen LogP contribution in [-0.4, -0.2) is 42.8 Å². The summed E-state index contributed by atoms with van der Waals surface area (Å²) in [7, 11) is 1.68. The van der Waals surface area contributed by atoms with Crippen LogP contribution in [0, 0.1) is 5.92 Å². The van der Waals surface area contributed by atoms with Crippen LogP contribution < -0.4 is 10.2 Å². The monoisotopic (exact) mass is 303 g/mol. The summed E-state index contributed by atoms with van der Waals surface area (Å²) in [4.78, 5) is 38.3. The minimum Gasteiger partial charge on any atom is -0.323 e. The van der Waals surface area contributed by atoms with E-state index in [9.17, 15) is 14.4 Å². The molecule has 1 N–H and O–H groups in total. The van der Waals surface area contributed by atoms with E-state index in [1.54, 1.807) is 36.2 Å². The average molecular weight is 303 g/mol. The molecule has 0 bridgehead atoms. The number of piperidine rings is 1. The fourth-order valence-electron chi connectivity index (χ4n) is 2.38. The summed E-state index contributed by atoms with van der Waals surface area (Å²) in [5.41, 5.74) is 1.34. The van der Waals surface area contributed by atoms with Crippen LogP contribution in [0.4, 0.5) is 16.2 Å².